The van der Waals surface area contributed by atoms with E-state index in [0.29, 0.717) is 0 Å². The van der Waals surface area contributed by atoms with Gasteiger partial charge < -0.3 is 4.74 Å². The van der Waals surface area contributed by atoms with Crippen LogP contribution in [0.5, 0.6) is 0 Å². The Morgan fingerprint density at radius 3 is 2.75 bits per heavy atom. The van der Waals surface area contributed by atoms with E-state index in [0.717, 1.165) is 13.1 Å². The SMILES string of the molecule is CC(=O)OC1([N+](=O)[O-])C=NN=N1. The van der Waals surface area contributed by atoms with E-state index in [4.69, 9.17) is 0 Å². The van der Waals surface area contributed by atoms with E-state index >= 15 is 0 Å². The molecule has 0 saturated carbocycles. The van der Waals surface area contributed by atoms with Crippen LogP contribution in [-0.4, -0.2) is 23.0 Å². The summed E-state index contributed by atoms with van der Waals surface area (Å²) >= 11 is 0. The number of hydrogen-bond acceptors (Lipinski definition) is 7. The van der Waals surface area contributed by atoms with Crippen molar-refractivity contribution < 1.29 is 14.5 Å². The second kappa shape index (κ2) is 2.64. The molecule has 0 amide bonds. The first kappa shape index (κ1) is 8.24. The number of nitro groups is 1. The first-order valence-corrected chi connectivity index (χ1v) is 2.87. The largest absolute Gasteiger partial charge is 0.527 e. The highest BCUT2D eigenvalue weighted by Gasteiger charge is 2.49. The van der Waals surface area contributed by atoms with Crippen molar-refractivity contribution in [2.24, 2.45) is 15.4 Å². The predicted molar refractivity (Wildman–Crippen MR) is 34.8 cm³/mol. The summed E-state index contributed by atoms with van der Waals surface area (Å²) in [6.45, 7) is 1.03. The number of carbonyl (C=O) groups excluding carboxylic acids is 1. The maximum absolute atomic E-state index is 10.4. The minimum Gasteiger partial charge on any atom is -0.371 e. The third-order valence-electron chi connectivity index (χ3n) is 1.02. The number of hydrogen-bond donors (Lipinski definition) is 0. The molecule has 64 valence electrons. The van der Waals surface area contributed by atoms with Gasteiger partial charge in [0.25, 0.3) is 0 Å². The van der Waals surface area contributed by atoms with Gasteiger partial charge in [-0.2, -0.15) is 0 Å². The number of carbonyl (C=O) groups is 1. The zero-order chi connectivity index (χ0) is 9.19. The van der Waals surface area contributed by atoms with Crippen LogP contribution in [0.25, 0.3) is 0 Å². The van der Waals surface area contributed by atoms with Crippen LogP contribution in [0, 0.1) is 10.1 Å². The van der Waals surface area contributed by atoms with Crippen molar-refractivity contribution in [3.8, 4) is 0 Å². The molecule has 0 aromatic rings. The van der Waals surface area contributed by atoms with Crippen LogP contribution in [0.4, 0.5) is 0 Å². The van der Waals surface area contributed by atoms with Gasteiger partial charge in [0.15, 0.2) is 6.21 Å². The third kappa shape index (κ3) is 1.26. The lowest BCUT2D eigenvalue weighted by Gasteiger charge is -2.09. The Balaban J connectivity index is 2.88. The summed E-state index contributed by atoms with van der Waals surface area (Å²) in [5, 5.41) is 19.5. The molecule has 1 aliphatic heterocycles. The van der Waals surface area contributed by atoms with Crippen LogP contribution in [0.3, 0.4) is 0 Å². The van der Waals surface area contributed by atoms with E-state index < -0.39 is 16.7 Å². The highest BCUT2D eigenvalue weighted by molar-refractivity contribution is 5.74. The van der Waals surface area contributed by atoms with E-state index in [2.05, 4.69) is 20.2 Å². The molecule has 0 radical (unpaired) electrons. The van der Waals surface area contributed by atoms with Gasteiger partial charge in [0.2, 0.25) is 0 Å². The van der Waals surface area contributed by atoms with Gasteiger partial charge in [-0.15, -0.1) is 5.10 Å². The van der Waals surface area contributed by atoms with E-state index in [-0.39, 0.29) is 0 Å². The van der Waals surface area contributed by atoms with Gasteiger partial charge in [0.05, 0.1) is 0 Å². The molecular weight excluding hydrogens is 168 g/mol. The maximum Gasteiger partial charge on any atom is 0.527 e. The fourth-order valence-electron chi connectivity index (χ4n) is 0.596. The summed E-state index contributed by atoms with van der Waals surface area (Å²) in [5.74, 6) is -3.06. The van der Waals surface area contributed by atoms with Gasteiger partial charge in [-0.3, -0.25) is 14.9 Å². The third-order valence-corrected chi connectivity index (χ3v) is 1.02. The van der Waals surface area contributed by atoms with Crippen LogP contribution < -0.4 is 0 Å². The fraction of sp³-hybridized carbons (Fsp3) is 0.500. The summed E-state index contributed by atoms with van der Waals surface area (Å²) in [7, 11) is 0. The molecule has 1 atom stereocenters. The topological polar surface area (TPSA) is 107 Å². The zero-order valence-electron chi connectivity index (χ0n) is 6.00. The second-order valence-corrected chi connectivity index (χ2v) is 1.94. The smallest absolute Gasteiger partial charge is 0.371 e. The number of ether oxygens (including phenoxy) is 1. The molecule has 1 heterocycles. The highest BCUT2D eigenvalue weighted by atomic mass is 16.7. The molecule has 1 aliphatic rings. The Hall–Kier alpha value is -1.86. The molecule has 0 aliphatic carbocycles. The van der Waals surface area contributed by atoms with Crippen molar-refractivity contribution in [3.63, 3.8) is 0 Å². The van der Waals surface area contributed by atoms with Crippen LogP contribution in [0.2, 0.25) is 0 Å². The molecule has 8 nitrogen and oxygen atoms in total. The molecule has 0 fully saturated rings. The number of nitrogens with zero attached hydrogens (tertiary/aromatic N) is 4. The molecule has 12 heavy (non-hydrogen) atoms. The summed E-state index contributed by atoms with van der Waals surface area (Å²) in [5.41, 5.74) is 0. The van der Waals surface area contributed by atoms with Gasteiger partial charge in [-0.1, -0.05) is 0 Å². The van der Waals surface area contributed by atoms with Gasteiger partial charge in [0.1, 0.15) is 4.92 Å². The van der Waals surface area contributed by atoms with Crippen molar-refractivity contribution in [1.29, 1.82) is 0 Å². The molecule has 0 spiro atoms. The van der Waals surface area contributed by atoms with Gasteiger partial charge in [-0.05, 0) is 10.3 Å². The van der Waals surface area contributed by atoms with Crippen LogP contribution in [0.1, 0.15) is 6.92 Å². The summed E-state index contributed by atoms with van der Waals surface area (Å²) in [6, 6.07) is 0. The Labute approximate surface area is 66.1 Å². The van der Waals surface area contributed by atoms with E-state index in [9.17, 15) is 14.9 Å². The summed E-state index contributed by atoms with van der Waals surface area (Å²) in [6.07, 6.45) is 0.744. The lowest BCUT2D eigenvalue weighted by molar-refractivity contribution is -0.592. The molecule has 1 unspecified atom stereocenters. The average molecular weight is 172 g/mol. The lowest BCUT2D eigenvalue weighted by atomic mass is 10.5. The Morgan fingerprint density at radius 1 is 1.75 bits per heavy atom. The molecule has 8 heteroatoms. The van der Waals surface area contributed by atoms with Gasteiger partial charge in [0, 0.05) is 6.92 Å². The standard InChI is InChI=1S/C4H4N4O4/c1-3(9)12-4(8(10)11)2-5-7-6-4/h2H,1H3. The number of esters is 1. The zero-order valence-corrected chi connectivity index (χ0v) is 6.00. The molecule has 0 aromatic heterocycles. The molecule has 0 N–H and O–H groups in total. The van der Waals surface area contributed by atoms with Gasteiger partial charge >= 0.3 is 11.8 Å². The Bertz CT molecular complexity index is 271. The van der Waals surface area contributed by atoms with Crippen molar-refractivity contribution >= 4 is 12.2 Å². The summed E-state index contributed by atoms with van der Waals surface area (Å²) in [4.78, 5) is 19.9. The minimum atomic E-state index is -2.24. The summed E-state index contributed by atoms with van der Waals surface area (Å²) < 4.78 is 4.31. The lowest BCUT2D eigenvalue weighted by Crippen LogP contribution is -2.40. The molecular formula is C4H4N4O4. The van der Waals surface area contributed by atoms with Crippen molar-refractivity contribution in [2.75, 3.05) is 0 Å². The quantitative estimate of drug-likeness (QED) is 0.251. The highest BCUT2D eigenvalue weighted by Crippen LogP contribution is 2.16. The van der Waals surface area contributed by atoms with Crippen molar-refractivity contribution in [1.82, 2.24) is 0 Å². The minimum absolute atomic E-state index is 0.744. The molecule has 0 aromatic carbocycles. The molecule has 1 rings (SSSR count). The van der Waals surface area contributed by atoms with E-state index in [1.807, 2.05) is 0 Å². The van der Waals surface area contributed by atoms with Crippen molar-refractivity contribution in [2.45, 2.75) is 12.8 Å². The molecule has 0 bridgehead atoms. The average Bonchev–Trinajstić information content (AvgIpc) is 2.35. The molecule has 0 saturated heterocycles. The number of rotatable bonds is 2. The normalized spacial score (nSPS) is 25.8. The Morgan fingerprint density at radius 2 is 2.42 bits per heavy atom. The van der Waals surface area contributed by atoms with Crippen molar-refractivity contribution in [3.05, 3.63) is 10.1 Å². The maximum atomic E-state index is 10.4. The first-order valence-electron chi connectivity index (χ1n) is 2.87. The van der Waals surface area contributed by atoms with Crippen LogP contribution in [-0.2, 0) is 9.53 Å². The van der Waals surface area contributed by atoms with Gasteiger partial charge in [-0.25, -0.2) is 0 Å². The second-order valence-electron chi connectivity index (χ2n) is 1.94. The van der Waals surface area contributed by atoms with Crippen LogP contribution >= 0.6 is 0 Å². The monoisotopic (exact) mass is 172 g/mol. The fourth-order valence-corrected chi connectivity index (χ4v) is 0.596. The predicted octanol–water partition coefficient (Wildman–Crippen LogP) is -0.0684. The van der Waals surface area contributed by atoms with Crippen LogP contribution in [0.15, 0.2) is 15.4 Å². The first-order chi connectivity index (χ1) is 5.57. The Kier molecular flexibility index (Phi) is 1.81. The van der Waals surface area contributed by atoms with E-state index in [1.54, 1.807) is 0 Å². The van der Waals surface area contributed by atoms with E-state index in [1.165, 1.54) is 0 Å².